The maximum atomic E-state index is 4.58. The van der Waals surface area contributed by atoms with E-state index in [9.17, 15) is 0 Å². The molecule has 2 heterocycles. The zero-order chi connectivity index (χ0) is 23.2. The van der Waals surface area contributed by atoms with Gasteiger partial charge in [0.15, 0.2) is 0 Å². The molecule has 0 spiro atoms. The van der Waals surface area contributed by atoms with Gasteiger partial charge in [-0.2, -0.15) is 0 Å². The van der Waals surface area contributed by atoms with E-state index in [4.69, 9.17) is 0 Å². The van der Waals surface area contributed by atoms with E-state index in [-0.39, 0.29) is 0 Å². The Kier molecular flexibility index (Phi) is 7.57. The van der Waals surface area contributed by atoms with Crippen LogP contribution in [0.15, 0.2) is 75.1 Å². The van der Waals surface area contributed by atoms with Gasteiger partial charge in [-0.1, -0.05) is 48.7 Å². The van der Waals surface area contributed by atoms with Crippen LogP contribution in [0.1, 0.15) is 33.3 Å². The molecule has 8 heteroatoms. The molecule has 2 aromatic heterocycles. The molecule has 0 saturated carbocycles. The Morgan fingerprint density at radius 1 is 0.818 bits per heavy atom. The average Bonchev–Trinajstić information content (AvgIpc) is 3.37. The number of anilines is 1. The summed E-state index contributed by atoms with van der Waals surface area (Å²) in [5.41, 5.74) is 4.19. The quantitative estimate of drug-likeness (QED) is 0.226. The minimum atomic E-state index is 0.645. The fraction of sp³-hybridized carbons (Fsp3) is 0.320. The molecule has 4 aromatic rings. The van der Waals surface area contributed by atoms with Crippen molar-refractivity contribution in [3.05, 3.63) is 60.2 Å². The Balaban J connectivity index is 1.40. The van der Waals surface area contributed by atoms with Gasteiger partial charge >= 0.3 is 0 Å². The summed E-state index contributed by atoms with van der Waals surface area (Å²) in [6.07, 6.45) is 1.07. The number of hydrogen-bond donors (Lipinski definition) is 0. The van der Waals surface area contributed by atoms with Gasteiger partial charge < -0.3 is 4.90 Å². The lowest BCUT2D eigenvalue weighted by molar-refractivity contribution is 0.647. The smallest absolute Gasteiger partial charge is 0.231 e. The standard InChI is InChI=1S/C25H28N6S2/c1-5-31(6-2)21-13-11-20(12-14-21)28-30-25-26-24-22(32-25)16-23(33-24)29-27-19-9-7-18(8-10-19)15-17(3)4/h7-14,16-17H,5-6,15H2,1-4H3. The second-order valence-corrected chi connectivity index (χ2v) is 10.1. The zero-order valence-corrected chi connectivity index (χ0v) is 21.0. The number of benzene rings is 2. The second-order valence-electron chi connectivity index (χ2n) is 8.10. The number of azo groups is 2. The number of fused-ring (bicyclic) bond motifs is 1. The van der Waals surface area contributed by atoms with Crippen LogP contribution in [-0.4, -0.2) is 18.1 Å². The number of aromatic nitrogens is 1. The summed E-state index contributed by atoms with van der Waals surface area (Å²) in [5, 5.41) is 18.9. The maximum Gasteiger partial charge on any atom is 0.231 e. The number of hydrogen-bond acceptors (Lipinski definition) is 8. The Labute approximate surface area is 202 Å². The molecule has 6 nitrogen and oxygen atoms in total. The summed E-state index contributed by atoms with van der Waals surface area (Å²) in [6.45, 7) is 10.7. The molecule has 0 aliphatic carbocycles. The Hall–Kier alpha value is -2.97. The second kappa shape index (κ2) is 10.8. The van der Waals surface area contributed by atoms with Crippen LogP contribution in [0, 0.1) is 5.92 Å². The molecule has 0 atom stereocenters. The molecule has 0 aliphatic rings. The van der Waals surface area contributed by atoms with Gasteiger partial charge in [-0.25, -0.2) is 4.98 Å². The number of rotatable bonds is 9. The van der Waals surface area contributed by atoms with Crippen LogP contribution in [0.3, 0.4) is 0 Å². The molecule has 0 fully saturated rings. The van der Waals surface area contributed by atoms with Gasteiger partial charge in [0.25, 0.3) is 0 Å². The van der Waals surface area contributed by atoms with E-state index in [2.05, 4.69) is 82.3 Å². The normalized spacial score (nSPS) is 12.0. The predicted molar refractivity (Wildman–Crippen MR) is 141 cm³/mol. The third-order valence-corrected chi connectivity index (χ3v) is 7.07. The molecule has 0 N–H and O–H groups in total. The van der Waals surface area contributed by atoms with E-state index < -0.39 is 0 Å². The molecular weight excluding hydrogens is 448 g/mol. The minimum absolute atomic E-state index is 0.645. The summed E-state index contributed by atoms with van der Waals surface area (Å²) in [5.74, 6) is 0.645. The van der Waals surface area contributed by atoms with Crippen molar-refractivity contribution in [1.29, 1.82) is 0 Å². The molecule has 33 heavy (non-hydrogen) atoms. The highest BCUT2D eigenvalue weighted by atomic mass is 32.1. The van der Waals surface area contributed by atoms with Crippen molar-refractivity contribution >= 4 is 59.4 Å². The van der Waals surface area contributed by atoms with Crippen LogP contribution in [0.25, 0.3) is 9.53 Å². The number of thiazole rings is 1. The van der Waals surface area contributed by atoms with Gasteiger partial charge in [0, 0.05) is 18.8 Å². The lowest BCUT2D eigenvalue weighted by Gasteiger charge is -2.20. The van der Waals surface area contributed by atoms with Crippen molar-refractivity contribution in [1.82, 2.24) is 4.98 Å². The van der Waals surface area contributed by atoms with Gasteiger partial charge in [-0.15, -0.1) is 20.5 Å². The van der Waals surface area contributed by atoms with Gasteiger partial charge in [0.2, 0.25) is 5.13 Å². The molecule has 0 bridgehead atoms. The van der Waals surface area contributed by atoms with E-state index in [1.807, 2.05) is 30.3 Å². The van der Waals surface area contributed by atoms with E-state index in [1.165, 1.54) is 33.9 Å². The molecule has 170 valence electrons. The number of thiophene rings is 1. The first-order chi connectivity index (χ1) is 16.0. The number of nitrogens with zero attached hydrogens (tertiary/aromatic N) is 6. The topological polar surface area (TPSA) is 65.6 Å². The van der Waals surface area contributed by atoms with Gasteiger partial charge in [0.1, 0.15) is 9.83 Å². The van der Waals surface area contributed by atoms with Crippen molar-refractivity contribution in [2.24, 2.45) is 26.4 Å². The lowest BCUT2D eigenvalue weighted by Crippen LogP contribution is -2.21. The highest BCUT2D eigenvalue weighted by Gasteiger charge is 2.08. The van der Waals surface area contributed by atoms with Gasteiger partial charge in [-0.3, -0.25) is 0 Å². The summed E-state index contributed by atoms with van der Waals surface area (Å²) in [4.78, 5) is 7.79. The molecule has 0 radical (unpaired) electrons. The third kappa shape index (κ3) is 6.09. The van der Waals surface area contributed by atoms with E-state index in [1.54, 1.807) is 0 Å². The zero-order valence-electron chi connectivity index (χ0n) is 19.4. The SMILES string of the molecule is CCN(CC)c1ccc(N=Nc2nc3sc(N=Nc4ccc(CC(C)C)cc4)cc3s2)cc1. The largest absolute Gasteiger partial charge is 0.372 e. The van der Waals surface area contributed by atoms with E-state index in [0.717, 1.165) is 45.4 Å². The molecule has 0 aliphatic heterocycles. The maximum absolute atomic E-state index is 4.58. The van der Waals surface area contributed by atoms with Crippen molar-refractivity contribution in [3.8, 4) is 0 Å². The summed E-state index contributed by atoms with van der Waals surface area (Å²) >= 11 is 3.02. The van der Waals surface area contributed by atoms with Crippen LogP contribution in [0.2, 0.25) is 0 Å². The highest BCUT2D eigenvalue weighted by molar-refractivity contribution is 7.30. The highest BCUT2D eigenvalue weighted by Crippen LogP contribution is 2.39. The van der Waals surface area contributed by atoms with Crippen LogP contribution in [0.4, 0.5) is 27.2 Å². The lowest BCUT2D eigenvalue weighted by atomic mass is 10.0. The van der Waals surface area contributed by atoms with E-state index in [0.29, 0.717) is 11.0 Å². The van der Waals surface area contributed by atoms with Crippen LogP contribution >= 0.6 is 22.7 Å². The van der Waals surface area contributed by atoms with E-state index >= 15 is 0 Å². The Morgan fingerprint density at radius 3 is 2.06 bits per heavy atom. The monoisotopic (exact) mass is 476 g/mol. The van der Waals surface area contributed by atoms with Gasteiger partial charge in [0.05, 0.1) is 16.1 Å². The average molecular weight is 477 g/mol. The first-order valence-corrected chi connectivity index (χ1v) is 12.8. The fourth-order valence-electron chi connectivity index (χ4n) is 3.50. The molecule has 4 rings (SSSR count). The first kappa shape index (κ1) is 23.2. The third-order valence-electron chi connectivity index (χ3n) is 5.14. The first-order valence-electron chi connectivity index (χ1n) is 11.2. The Bertz CT molecular complexity index is 1200. The van der Waals surface area contributed by atoms with Crippen LogP contribution in [0.5, 0.6) is 0 Å². The Morgan fingerprint density at radius 2 is 1.45 bits per heavy atom. The van der Waals surface area contributed by atoms with Crippen molar-refractivity contribution < 1.29 is 0 Å². The molecule has 0 saturated heterocycles. The molecule has 0 amide bonds. The van der Waals surface area contributed by atoms with Crippen molar-refractivity contribution in [3.63, 3.8) is 0 Å². The fourth-order valence-corrected chi connectivity index (χ4v) is 5.35. The van der Waals surface area contributed by atoms with Crippen molar-refractivity contribution in [2.75, 3.05) is 18.0 Å². The summed E-state index contributed by atoms with van der Waals surface area (Å²) in [7, 11) is 0. The van der Waals surface area contributed by atoms with Crippen molar-refractivity contribution in [2.45, 2.75) is 34.1 Å². The molecule has 2 aromatic carbocycles. The van der Waals surface area contributed by atoms with Gasteiger partial charge in [-0.05, 0) is 74.2 Å². The minimum Gasteiger partial charge on any atom is -0.372 e. The molecular formula is C25H28N6S2. The summed E-state index contributed by atoms with van der Waals surface area (Å²) < 4.78 is 1.05. The van der Waals surface area contributed by atoms with Crippen LogP contribution in [-0.2, 0) is 6.42 Å². The predicted octanol–water partition coefficient (Wildman–Crippen LogP) is 9.23. The van der Waals surface area contributed by atoms with Crippen LogP contribution < -0.4 is 4.90 Å². The molecule has 0 unspecified atom stereocenters. The summed E-state index contributed by atoms with van der Waals surface area (Å²) in [6, 6.07) is 18.4.